The van der Waals surface area contributed by atoms with Gasteiger partial charge in [-0.15, -0.1) is 0 Å². The summed E-state index contributed by atoms with van der Waals surface area (Å²) in [5, 5.41) is 0. The van der Waals surface area contributed by atoms with Crippen molar-refractivity contribution in [3.05, 3.63) is 101 Å². The molecule has 1 saturated heterocycles. The summed E-state index contributed by atoms with van der Waals surface area (Å²) in [6.07, 6.45) is 0.988. The van der Waals surface area contributed by atoms with Gasteiger partial charge >= 0.3 is 0 Å². The van der Waals surface area contributed by atoms with Crippen LogP contribution in [-0.4, -0.2) is 11.8 Å². The molecule has 29 heavy (non-hydrogen) atoms. The van der Waals surface area contributed by atoms with Crippen LogP contribution in [0.3, 0.4) is 0 Å². The van der Waals surface area contributed by atoms with Crippen LogP contribution in [0.25, 0.3) is 0 Å². The molecule has 3 aromatic rings. The number of aryl methyl sites for hydroxylation is 1. The first kappa shape index (κ1) is 16.7. The molecule has 2 amide bonds. The van der Waals surface area contributed by atoms with E-state index in [0.717, 1.165) is 5.56 Å². The molecule has 3 aromatic carbocycles. The van der Waals surface area contributed by atoms with Gasteiger partial charge in [-0.25, -0.2) is 0 Å². The molecule has 2 bridgehead atoms. The fourth-order valence-electron chi connectivity index (χ4n) is 5.92. The maximum atomic E-state index is 13.9. The largest absolute Gasteiger partial charge is 0.274 e. The van der Waals surface area contributed by atoms with Gasteiger partial charge in [-0.05, 0) is 47.7 Å². The Hall–Kier alpha value is -3.20. The van der Waals surface area contributed by atoms with Gasteiger partial charge in [-0.3, -0.25) is 14.5 Å². The zero-order valence-electron chi connectivity index (χ0n) is 16.3. The van der Waals surface area contributed by atoms with Crippen LogP contribution < -0.4 is 4.90 Å². The summed E-state index contributed by atoms with van der Waals surface area (Å²) in [4.78, 5) is 28.5. The Morgan fingerprint density at radius 3 is 1.93 bits per heavy atom. The standard InChI is InChI=1S/C26H21NO2/c1-16-10-12-17(13-11-16)27-23(28)15-26(25(27)29)14-22-18-6-2-4-8-20(18)24(26)21-9-5-3-7-19(21)22/h2-13,22,24H,14-15H2,1H3/t22?,24?,26-/m1/s1. The predicted octanol–water partition coefficient (Wildman–Crippen LogP) is 4.93. The van der Waals surface area contributed by atoms with E-state index >= 15 is 0 Å². The second-order valence-corrected chi connectivity index (χ2v) is 8.65. The first-order valence-corrected chi connectivity index (χ1v) is 10.2. The van der Waals surface area contributed by atoms with Crippen LogP contribution >= 0.6 is 0 Å². The molecule has 0 unspecified atom stereocenters. The summed E-state index contributed by atoms with van der Waals surface area (Å²) >= 11 is 0. The SMILES string of the molecule is Cc1ccc(N2C(=O)C[C@@]3(CC4c5ccccc5C3c3ccccc34)C2=O)cc1. The fraction of sp³-hybridized carbons (Fsp3) is 0.231. The van der Waals surface area contributed by atoms with Crippen molar-refractivity contribution in [1.29, 1.82) is 0 Å². The molecule has 0 radical (unpaired) electrons. The Bertz CT molecular complexity index is 1130. The van der Waals surface area contributed by atoms with Crippen molar-refractivity contribution in [1.82, 2.24) is 0 Å². The predicted molar refractivity (Wildman–Crippen MR) is 112 cm³/mol. The number of benzene rings is 3. The second kappa shape index (κ2) is 5.66. The first-order valence-electron chi connectivity index (χ1n) is 10.2. The Kier molecular flexibility index (Phi) is 3.27. The lowest BCUT2D eigenvalue weighted by atomic mass is 9.51. The third-order valence-electron chi connectivity index (χ3n) is 7.12. The minimum atomic E-state index is -0.685. The molecule has 0 N–H and O–H groups in total. The highest BCUT2D eigenvalue weighted by Crippen LogP contribution is 2.64. The number of hydrogen-bond donors (Lipinski definition) is 0. The maximum absolute atomic E-state index is 13.9. The van der Waals surface area contributed by atoms with Gasteiger partial charge in [0.25, 0.3) is 0 Å². The highest BCUT2D eigenvalue weighted by atomic mass is 16.2. The van der Waals surface area contributed by atoms with Crippen LogP contribution in [0, 0.1) is 12.3 Å². The summed E-state index contributed by atoms with van der Waals surface area (Å²) in [6.45, 7) is 2.01. The van der Waals surface area contributed by atoms with E-state index < -0.39 is 5.41 Å². The Morgan fingerprint density at radius 1 is 0.793 bits per heavy atom. The van der Waals surface area contributed by atoms with Gasteiger partial charge in [-0.2, -0.15) is 0 Å². The van der Waals surface area contributed by atoms with Gasteiger partial charge in [0.1, 0.15) is 0 Å². The summed E-state index contributed by atoms with van der Waals surface area (Å²) in [6, 6.07) is 24.6. The number of hydrogen-bond acceptors (Lipinski definition) is 2. The maximum Gasteiger partial charge on any atom is 0.241 e. The summed E-state index contributed by atoms with van der Waals surface area (Å²) in [5.41, 5.74) is 6.18. The molecule has 3 nitrogen and oxygen atoms in total. The quantitative estimate of drug-likeness (QED) is 0.563. The van der Waals surface area contributed by atoms with Gasteiger partial charge in [0.15, 0.2) is 0 Å². The average molecular weight is 379 g/mol. The molecule has 1 fully saturated rings. The lowest BCUT2D eigenvalue weighted by molar-refractivity contribution is -0.127. The topological polar surface area (TPSA) is 37.4 Å². The highest BCUT2D eigenvalue weighted by Gasteiger charge is 2.62. The van der Waals surface area contributed by atoms with Crippen molar-refractivity contribution < 1.29 is 9.59 Å². The normalized spacial score (nSPS) is 26.7. The molecule has 0 saturated carbocycles. The van der Waals surface area contributed by atoms with Crippen LogP contribution in [0.4, 0.5) is 5.69 Å². The van der Waals surface area contributed by atoms with E-state index in [0.29, 0.717) is 12.1 Å². The van der Waals surface area contributed by atoms with Crippen LogP contribution in [-0.2, 0) is 9.59 Å². The zero-order valence-corrected chi connectivity index (χ0v) is 16.3. The number of rotatable bonds is 1. The number of nitrogens with zero attached hydrogens (tertiary/aromatic N) is 1. The van der Waals surface area contributed by atoms with E-state index in [-0.39, 0.29) is 30.1 Å². The first-order chi connectivity index (χ1) is 14.1. The molecule has 1 spiro atoms. The number of anilines is 1. The number of carbonyl (C=O) groups is 2. The van der Waals surface area contributed by atoms with E-state index in [1.54, 1.807) is 0 Å². The molecule has 1 atom stereocenters. The Labute approximate surface area is 170 Å². The molecule has 0 aromatic heterocycles. The molecule has 3 heteroatoms. The van der Waals surface area contributed by atoms with Crippen LogP contribution in [0.2, 0.25) is 0 Å². The molecule has 142 valence electrons. The third kappa shape index (κ3) is 2.08. The summed E-state index contributed by atoms with van der Waals surface area (Å²) in [5.74, 6) is -0.0133. The van der Waals surface area contributed by atoms with E-state index in [1.807, 2.05) is 31.2 Å². The van der Waals surface area contributed by atoms with Crippen molar-refractivity contribution in [3.63, 3.8) is 0 Å². The highest BCUT2D eigenvalue weighted by molar-refractivity contribution is 6.23. The van der Waals surface area contributed by atoms with E-state index in [1.165, 1.54) is 27.2 Å². The van der Waals surface area contributed by atoms with Gasteiger partial charge in [0.2, 0.25) is 11.8 Å². The number of carbonyl (C=O) groups excluding carboxylic acids is 2. The van der Waals surface area contributed by atoms with Gasteiger partial charge in [0.05, 0.1) is 11.1 Å². The lowest BCUT2D eigenvalue weighted by Crippen LogP contribution is -2.47. The van der Waals surface area contributed by atoms with Gasteiger partial charge < -0.3 is 0 Å². The smallest absolute Gasteiger partial charge is 0.241 e. The summed E-state index contributed by atoms with van der Waals surface area (Å²) < 4.78 is 0. The van der Waals surface area contributed by atoms with E-state index in [9.17, 15) is 9.59 Å². The molecule has 1 heterocycles. The Balaban J connectivity index is 1.54. The minimum Gasteiger partial charge on any atom is -0.274 e. The van der Waals surface area contributed by atoms with Gasteiger partial charge in [-0.1, -0.05) is 66.2 Å². The number of amides is 2. The van der Waals surface area contributed by atoms with Crippen LogP contribution in [0.15, 0.2) is 72.8 Å². The zero-order chi connectivity index (χ0) is 19.8. The minimum absolute atomic E-state index is 0.0367. The molecular formula is C26H21NO2. The second-order valence-electron chi connectivity index (χ2n) is 8.65. The van der Waals surface area contributed by atoms with E-state index in [4.69, 9.17) is 0 Å². The van der Waals surface area contributed by atoms with Crippen molar-refractivity contribution in [2.24, 2.45) is 5.41 Å². The third-order valence-corrected chi connectivity index (χ3v) is 7.12. The average Bonchev–Trinajstić information content (AvgIpc) is 2.98. The van der Waals surface area contributed by atoms with E-state index in [2.05, 4.69) is 48.5 Å². The van der Waals surface area contributed by atoms with Gasteiger partial charge in [0, 0.05) is 18.3 Å². The van der Waals surface area contributed by atoms with Crippen molar-refractivity contribution in [3.8, 4) is 0 Å². The van der Waals surface area contributed by atoms with Crippen LogP contribution in [0.5, 0.6) is 0 Å². The molecule has 1 aliphatic heterocycles. The lowest BCUT2D eigenvalue weighted by Gasteiger charge is -2.50. The van der Waals surface area contributed by atoms with Crippen molar-refractivity contribution in [2.45, 2.75) is 31.6 Å². The molecule has 7 rings (SSSR count). The van der Waals surface area contributed by atoms with Crippen molar-refractivity contribution >= 4 is 17.5 Å². The van der Waals surface area contributed by atoms with Crippen molar-refractivity contribution in [2.75, 3.05) is 4.90 Å². The fourth-order valence-corrected chi connectivity index (χ4v) is 5.92. The van der Waals surface area contributed by atoms with Crippen LogP contribution in [0.1, 0.15) is 52.5 Å². The molecule has 3 aliphatic carbocycles. The Morgan fingerprint density at radius 2 is 1.34 bits per heavy atom. The molecular weight excluding hydrogens is 358 g/mol. The number of imide groups is 1. The summed E-state index contributed by atoms with van der Waals surface area (Å²) in [7, 11) is 0. The monoisotopic (exact) mass is 379 g/mol. The molecule has 4 aliphatic rings.